The van der Waals surface area contributed by atoms with Gasteiger partial charge in [0.15, 0.2) is 0 Å². The lowest BCUT2D eigenvalue weighted by atomic mass is 10.1. The minimum atomic E-state index is 0.159. The Morgan fingerprint density at radius 2 is 2.00 bits per heavy atom. The lowest BCUT2D eigenvalue weighted by molar-refractivity contribution is 0.454. The van der Waals surface area contributed by atoms with Gasteiger partial charge >= 0.3 is 0 Å². The Bertz CT molecular complexity index is 248. The van der Waals surface area contributed by atoms with Crippen molar-refractivity contribution in [1.82, 2.24) is 0 Å². The van der Waals surface area contributed by atoms with Crippen molar-refractivity contribution in [3.8, 4) is 11.5 Å². The lowest BCUT2D eigenvalue weighted by Crippen LogP contribution is -2.02. The first-order valence-corrected chi connectivity index (χ1v) is 3.45. The molecule has 0 heterocycles. The summed E-state index contributed by atoms with van der Waals surface area (Å²) in [5.74, 6) is 0.347. The Kier molecular flexibility index (Phi) is 2.33. The topological polar surface area (TPSA) is 66.5 Å². The average molecular weight is 153 g/mol. The first-order valence-electron chi connectivity index (χ1n) is 3.45. The Labute approximate surface area is 65.1 Å². The summed E-state index contributed by atoms with van der Waals surface area (Å²) in [5, 5.41) is 18.2. The fraction of sp³-hybridized carbons (Fsp3) is 0.250. The Morgan fingerprint density at radius 3 is 2.64 bits per heavy atom. The minimum Gasteiger partial charge on any atom is -0.508 e. The highest BCUT2D eigenvalue weighted by Crippen LogP contribution is 2.21. The van der Waals surface area contributed by atoms with Crippen LogP contribution in [0.5, 0.6) is 11.5 Å². The maximum atomic E-state index is 9.20. The second kappa shape index (κ2) is 3.25. The molecule has 0 unspecified atom stereocenters. The predicted octanol–water partition coefficient (Wildman–Crippen LogP) is 0.599. The van der Waals surface area contributed by atoms with Crippen LogP contribution >= 0.6 is 0 Å². The summed E-state index contributed by atoms with van der Waals surface area (Å²) >= 11 is 0. The molecule has 0 fully saturated rings. The quantitative estimate of drug-likeness (QED) is 0.545. The van der Waals surface area contributed by atoms with Gasteiger partial charge in [-0.15, -0.1) is 0 Å². The molecular formula is C8H11NO2. The molecule has 0 aromatic heterocycles. The molecule has 4 N–H and O–H groups in total. The Hall–Kier alpha value is -1.22. The van der Waals surface area contributed by atoms with Crippen LogP contribution in [0.1, 0.15) is 5.56 Å². The summed E-state index contributed by atoms with van der Waals surface area (Å²) in [6.07, 6.45) is 0.584. The van der Waals surface area contributed by atoms with Crippen LogP contribution in [-0.2, 0) is 6.42 Å². The molecular weight excluding hydrogens is 142 g/mol. The molecule has 0 saturated carbocycles. The van der Waals surface area contributed by atoms with Crippen molar-refractivity contribution in [3.63, 3.8) is 0 Å². The SMILES string of the molecule is NCCc1cc(O)ccc1O. The van der Waals surface area contributed by atoms with Crippen LogP contribution in [0.4, 0.5) is 0 Å². The molecule has 1 rings (SSSR count). The zero-order chi connectivity index (χ0) is 8.27. The summed E-state index contributed by atoms with van der Waals surface area (Å²) in [6, 6.07) is 4.41. The van der Waals surface area contributed by atoms with E-state index in [1.807, 2.05) is 0 Å². The zero-order valence-electron chi connectivity index (χ0n) is 6.12. The molecule has 0 aliphatic heterocycles. The third-order valence-electron chi connectivity index (χ3n) is 1.48. The highest BCUT2D eigenvalue weighted by Gasteiger charge is 1.99. The van der Waals surface area contributed by atoms with E-state index >= 15 is 0 Å². The van der Waals surface area contributed by atoms with E-state index in [1.54, 1.807) is 0 Å². The van der Waals surface area contributed by atoms with Gasteiger partial charge in [-0.3, -0.25) is 0 Å². The number of nitrogens with two attached hydrogens (primary N) is 1. The second-order valence-electron chi connectivity index (χ2n) is 2.35. The molecule has 3 heteroatoms. The summed E-state index contributed by atoms with van der Waals surface area (Å²) in [4.78, 5) is 0. The van der Waals surface area contributed by atoms with E-state index in [4.69, 9.17) is 10.8 Å². The van der Waals surface area contributed by atoms with Gasteiger partial charge in [-0.1, -0.05) is 0 Å². The van der Waals surface area contributed by atoms with Gasteiger partial charge in [0.05, 0.1) is 0 Å². The number of hydrogen-bond acceptors (Lipinski definition) is 3. The van der Waals surface area contributed by atoms with E-state index in [1.165, 1.54) is 18.2 Å². The van der Waals surface area contributed by atoms with Crippen molar-refractivity contribution >= 4 is 0 Å². The lowest BCUT2D eigenvalue weighted by Gasteiger charge is -2.02. The van der Waals surface area contributed by atoms with Crippen molar-refractivity contribution in [2.24, 2.45) is 5.73 Å². The average Bonchev–Trinajstić information content (AvgIpc) is 1.98. The van der Waals surface area contributed by atoms with Gasteiger partial charge in [0, 0.05) is 0 Å². The van der Waals surface area contributed by atoms with Crippen molar-refractivity contribution in [3.05, 3.63) is 23.8 Å². The monoisotopic (exact) mass is 153 g/mol. The normalized spacial score (nSPS) is 9.91. The maximum Gasteiger partial charge on any atom is 0.119 e. The van der Waals surface area contributed by atoms with Gasteiger partial charge in [-0.05, 0) is 36.7 Å². The highest BCUT2D eigenvalue weighted by atomic mass is 16.3. The van der Waals surface area contributed by atoms with E-state index in [-0.39, 0.29) is 11.5 Å². The fourth-order valence-corrected chi connectivity index (χ4v) is 0.928. The van der Waals surface area contributed by atoms with E-state index in [0.29, 0.717) is 18.5 Å². The van der Waals surface area contributed by atoms with Crippen LogP contribution in [0.15, 0.2) is 18.2 Å². The van der Waals surface area contributed by atoms with Crippen LogP contribution in [0.25, 0.3) is 0 Å². The smallest absolute Gasteiger partial charge is 0.119 e. The van der Waals surface area contributed by atoms with E-state index in [9.17, 15) is 5.11 Å². The highest BCUT2D eigenvalue weighted by molar-refractivity contribution is 5.38. The number of hydrogen-bond donors (Lipinski definition) is 3. The van der Waals surface area contributed by atoms with Crippen LogP contribution in [0.2, 0.25) is 0 Å². The number of aromatic hydroxyl groups is 2. The van der Waals surface area contributed by atoms with Crippen molar-refractivity contribution in [2.45, 2.75) is 6.42 Å². The van der Waals surface area contributed by atoms with Crippen LogP contribution < -0.4 is 5.73 Å². The molecule has 0 amide bonds. The molecule has 0 bridgehead atoms. The van der Waals surface area contributed by atoms with Gasteiger partial charge in [0.2, 0.25) is 0 Å². The molecule has 1 aromatic carbocycles. The molecule has 60 valence electrons. The third kappa shape index (κ3) is 1.85. The largest absolute Gasteiger partial charge is 0.508 e. The Balaban J connectivity index is 2.93. The summed E-state index contributed by atoms with van der Waals surface area (Å²) in [6.45, 7) is 0.469. The molecule has 0 aliphatic rings. The van der Waals surface area contributed by atoms with Gasteiger partial charge in [-0.2, -0.15) is 0 Å². The maximum absolute atomic E-state index is 9.20. The zero-order valence-corrected chi connectivity index (χ0v) is 6.12. The van der Waals surface area contributed by atoms with Crippen molar-refractivity contribution in [1.29, 1.82) is 0 Å². The second-order valence-corrected chi connectivity index (χ2v) is 2.35. The summed E-state index contributed by atoms with van der Waals surface area (Å²) < 4.78 is 0. The summed E-state index contributed by atoms with van der Waals surface area (Å²) in [5.41, 5.74) is 5.97. The van der Waals surface area contributed by atoms with Crippen LogP contribution in [0.3, 0.4) is 0 Å². The van der Waals surface area contributed by atoms with Crippen molar-refractivity contribution < 1.29 is 10.2 Å². The van der Waals surface area contributed by atoms with Crippen LogP contribution in [0, 0.1) is 0 Å². The molecule has 0 radical (unpaired) electrons. The molecule has 3 nitrogen and oxygen atoms in total. The fourth-order valence-electron chi connectivity index (χ4n) is 0.928. The van der Waals surface area contributed by atoms with Gasteiger partial charge < -0.3 is 15.9 Å². The van der Waals surface area contributed by atoms with Gasteiger partial charge in [-0.25, -0.2) is 0 Å². The number of benzene rings is 1. The number of rotatable bonds is 2. The first-order chi connectivity index (χ1) is 5.24. The predicted molar refractivity (Wildman–Crippen MR) is 42.5 cm³/mol. The molecule has 0 atom stereocenters. The number of phenolic OH excluding ortho intramolecular Hbond substituents is 2. The van der Waals surface area contributed by atoms with Crippen molar-refractivity contribution in [2.75, 3.05) is 6.54 Å². The van der Waals surface area contributed by atoms with Crippen LogP contribution in [-0.4, -0.2) is 16.8 Å². The molecule has 11 heavy (non-hydrogen) atoms. The summed E-state index contributed by atoms with van der Waals surface area (Å²) in [7, 11) is 0. The van der Waals surface area contributed by atoms with Gasteiger partial charge in [0.25, 0.3) is 0 Å². The standard InChI is InChI=1S/C8H11NO2/c9-4-3-6-5-7(10)1-2-8(6)11/h1-2,5,10-11H,3-4,9H2. The minimum absolute atomic E-state index is 0.159. The molecule has 0 spiro atoms. The van der Waals surface area contributed by atoms with E-state index in [2.05, 4.69) is 0 Å². The molecule has 0 aliphatic carbocycles. The molecule has 1 aromatic rings. The Morgan fingerprint density at radius 1 is 1.27 bits per heavy atom. The third-order valence-corrected chi connectivity index (χ3v) is 1.48. The first kappa shape index (κ1) is 7.88. The number of phenols is 2. The van der Waals surface area contributed by atoms with E-state index < -0.39 is 0 Å². The molecule has 0 saturated heterocycles. The van der Waals surface area contributed by atoms with E-state index in [0.717, 1.165) is 0 Å². The van der Waals surface area contributed by atoms with Gasteiger partial charge in [0.1, 0.15) is 11.5 Å².